The summed E-state index contributed by atoms with van der Waals surface area (Å²) in [5.74, 6) is -0.480. The molecule has 0 aliphatic carbocycles. The Hall–Kier alpha value is -3.12. The predicted molar refractivity (Wildman–Crippen MR) is 108 cm³/mol. The van der Waals surface area contributed by atoms with Gasteiger partial charge in [0, 0.05) is 13.8 Å². The second kappa shape index (κ2) is 12.4. The first-order chi connectivity index (χ1) is 14.0. The van der Waals surface area contributed by atoms with Gasteiger partial charge in [-0.1, -0.05) is 60.7 Å². The maximum absolute atomic E-state index is 11.5. The molecule has 0 amide bonds. The van der Waals surface area contributed by atoms with E-state index in [0.717, 1.165) is 11.1 Å². The Kier molecular flexibility index (Phi) is 9.45. The first-order valence-corrected chi connectivity index (χ1v) is 9.32. The molecular weight excluding hydrogens is 372 g/mol. The van der Waals surface area contributed by atoms with Crippen LogP contribution in [0.15, 0.2) is 72.5 Å². The molecule has 6 heteroatoms. The van der Waals surface area contributed by atoms with Gasteiger partial charge in [-0.3, -0.25) is 9.59 Å². The van der Waals surface area contributed by atoms with Crippen molar-refractivity contribution in [3.8, 4) is 0 Å². The number of benzene rings is 2. The van der Waals surface area contributed by atoms with Crippen LogP contribution in [0, 0.1) is 0 Å². The van der Waals surface area contributed by atoms with Gasteiger partial charge in [0.05, 0.1) is 13.2 Å². The zero-order chi connectivity index (χ0) is 20.9. The monoisotopic (exact) mass is 398 g/mol. The molecule has 1 unspecified atom stereocenters. The molecule has 0 N–H and O–H groups in total. The molecule has 0 fully saturated rings. The van der Waals surface area contributed by atoms with E-state index in [0.29, 0.717) is 19.0 Å². The molecule has 1 atom stereocenters. The molecule has 6 nitrogen and oxygen atoms in total. The van der Waals surface area contributed by atoms with Gasteiger partial charge in [0.15, 0.2) is 0 Å². The molecule has 0 aliphatic heterocycles. The van der Waals surface area contributed by atoms with Crippen LogP contribution in [-0.4, -0.2) is 31.3 Å². The van der Waals surface area contributed by atoms with Crippen molar-refractivity contribution in [3.63, 3.8) is 0 Å². The van der Waals surface area contributed by atoms with Crippen LogP contribution in [0.4, 0.5) is 0 Å². The second-order valence-electron chi connectivity index (χ2n) is 6.34. The molecule has 29 heavy (non-hydrogen) atoms. The molecule has 0 saturated heterocycles. The molecule has 0 aliphatic rings. The summed E-state index contributed by atoms with van der Waals surface area (Å²) in [6.07, 6.45) is 0.940. The number of hydrogen-bond donors (Lipinski definition) is 0. The van der Waals surface area contributed by atoms with E-state index in [1.54, 1.807) is 6.08 Å². The maximum Gasteiger partial charge on any atom is 0.303 e. The van der Waals surface area contributed by atoms with E-state index >= 15 is 0 Å². The summed E-state index contributed by atoms with van der Waals surface area (Å²) in [4.78, 5) is 22.7. The van der Waals surface area contributed by atoms with Crippen molar-refractivity contribution in [2.45, 2.75) is 33.2 Å². The number of esters is 2. The minimum absolute atomic E-state index is 0.0569. The molecule has 0 bridgehead atoms. The third kappa shape index (κ3) is 9.58. The maximum atomic E-state index is 11.5. The SMILES string of the molecule is CC(=O)OC/C(=C/C(COCc1ccccc1)OC(C)=O)OCc1ccccc1. The van der Waals surface area contributed by atoms with Gasteiger partial charge < -0.3 is 18.9 Å². The third-order valence-corrected chi connectivity index (χ3v) is 3.77. The zero-order valence-corrected chi connectivity index (χ0v) is 16.7. The quantitative estimate of drug-likeness (QED) is 0.424. The summed E-state index contributed by atoms with van der Waals surface area (Å²) >= 11 is 0. The Morgan fingerprint density at radius 3 is 1.97 bits per heavy atom. The highest BCUT2D eigenvalue weighted by molar-refractivity contribution is 5.66. The van der Waals surface area contributed by atoms with Crippen LogP contribution < -0.4 is 0 Å². The standard InChI is InChI=1S/C23H26O6/c1-18(24)27-17-22(28-15-21-11-7-4-8-12-21)13-23(29-19(2)25)16-26-14-20-9-5-3-6-10-20/h3-13,23H,14-17H2,1-2H3/b22-13-. The van der Waals surface area contributed by atoms with Gasteiger partial charge >= 0.3 is 11.9 Å². The van der Waals surface area contributed by atoms with Crippen LogP contribution in [0.1, 0.15) is 25.0 Å². The zero-order valence-electron chi connectivity index (χ0n) is 16.7. The fraction of sp³-hybridized carbons (Fsp3) is 0.304. The predicted octanol–water partition coefficient (Wildman–Crippen LogP) is 3.80. The van der Waals surface area contributed by atoms with E-state index in [-0.39, 0.29) is 13.2 Å². The smallest absolute Gasteiger partial charge is 0.303 e. The van der Waals surface area contributed by atoms with Crippen LogP contribution >= 0.6 is 0 Å². The van der Waals surface area contributed by atoms with Crippen molar-refractivity contribution in [1.29, 1.82) is 0 Å². The van der Waals surface area contributed by atoms with E-state index < -0.39 is 18.0 Å². The Labute approximate surface area is 171 Å². The van der Waals surface area contributed by atoms with Crippen molar-refractivity contribution < 1.29 is 28.5 Å². The van der Waals surface area contributed by atoms with Crippen LogP contribution in [0.3, 0.4) is 0 Å². The van der Waals surface area contributed by atoms with E-state index in [9.17, 15) is 9.59 Å². The fourth-order valence-electron chi connectivity index (χ4n) is 2.46. The lowest BCUT2D eigenvalue weighted by atomic mass is 10.2. The number of carbonyl (C=O) groups is 2. The first-order valence-electron chi connectivity index (χ1n) is 9.32. The summed E-state index contributed by atoms with van der Waals surface area (Å²) in [6.45, 7) is 3.42. The lowest BCUT2D eigenvalue weighted by molar-refractivity contribution is -0.147. The Morgan fingerprint density at radius 2 is 1.41 bits per heavy atom. The third-order valence-electron chi connectivity index (χ3n) is 3.77. The van der Waals surface area contributed by atoms with E-state index in [4.69, 9.17) is 18.9 Å². The molecule has 0 radical (unpaired) electrons. The molecule has 154 valence electrons. The first kappa shape index (κ1) is 22.2. The minimum atomic E-state index is -0.669. The molecule has 2 rings (SSSR count). The molecular formula is C23H26O6. The molecule has 2 aromatic carbocycles. The van der Waals surface area contributed by atoms with Crippen LogP contribution in [-0.2, 0) is 41.8 Å². The van der Waals surface area contributed by atoms with Gasteiger partial charge in [0.2, 0.25) is 0 Å². The number of rotatable bonds is 11. The average molecular weight is 398 g/mol. The summed E-state index contributed by atoms with van der Waals surface area (Å²) < 4.78 is 21.9. The van der Waals surface area contributed by atoms with Gasteiger partial charge in [-0.15, -0.1) is 0 Å². The lowest BCUT2D eigenvalue weighted by Gasteiger charge is -2.17. The van der Waals surface area contributed by atoms with Crippen molar-refractivity contribution in [3.05, 3.63) is 83.6 Å². The van der Waals surface area contributed by atoms with E-state index in [2.05, 4.69) is 0 Å². The van der Waals surface area contributed by atoms with Gasteiger partial charge in [-0.25, -0.2) is 0 Å². The number of ether oxygens (including phenoxy) is 4. The highest BCUT2D eigenvalue weighted by Crippen LogP contribution is 2.11. The van der Waals surface area contributed by atoms with Gasteiger partial charge in [-0.2, -0.15) is 0 Å². The van der Waals surface area contributed by atoms with Gasteiger partial charge in [-0.05, 0) is 17.2 Å². The van der Waals surface area contributed by atoms with Crippen molar-refractivity contribution >= 4 is 11.9 Å². The molecule has 2 aromatic rings. The minimum Gasteiger partial charge on any atom is -0.490 e. The van der Waals surface area contributed by atoms with Crippen LogP contribution in [0.5, 0.6) is 0 Å². The van der Waals surface area contributed by atoms with Crippen LogP contribution in [0.25, 0.3) is 0 Å². The summed E-state index contributed by atoms with van der Waals surface area (Å²) in [7, 11) is 0. The topological polar surface area (TPSA) is 71.1 Å². The van der Waals surface area contributed by atoms with Crippen LogP contribution in [0.2, 0.25) is 0 Å². The molecule has 0 aromatic heterocycles. The Balaban J connectivity index is 2.02. The number of carbonyl (C=O) groups excluding carboxylic acids is 2. The van der Waals surface area contributed by atoms with Crippen molar-refractivity contribution in [1.82, 2.24) is 0 Å². The lowest BCUT2D eigenvalue weighted by Crippen LogP contribution is -2.22. The van der Waals surface area contributed by atoms with E-state index in [1.165, 1.54) is 13.8 Å². The number of hydrogen-bond acceptors (Lipinski definition) is 6. The van der Waals surface area contributed by atoms with Crippen molar-refractivity contribution in [2.24, 2.45) is 0 Å². The summed E-state index contributed by atoms with van der Waals surface area (Å²) in [5.41, 5.74) is 1.98. The van der Waals surface area contributed by atoms with Gasteiger partial charge in [0.1, 0.15) is 25.1 Å². The van der Waals surface area contributed by atoms with E-state index in [1.807, 2.05) is 60.7 Å². The normalized spacial score (nSPS) is 12.1. The Morgan fingerprint density at radius 1 is 0.828 bits per heavy atom. The molecule has 0 spiro atoms. The molecule has 0 saturated carbocycles. The highest BCUT2D eigenvalue weighted by atomic mass is 16.6. The summed E-state index contributed by atoms with van der Waals surface area (Å²) in [5, 5.41) is 0. The Bertz CT molecular complexity index is 786. The summed E-state index contributed by atoms with van der Waals surface area (Å²) in [6, 6.07) is 19.3. The second-order valence-corrected chi connectivity index (χ2v) is 6.34. The molecule has 0 heterocycles. The largest absolute Gasteiger partial charge is 0.490 e. The fourth-order valence-corrected chi connectivity index (χ4v) is 2.46. The van der Waals surface area contributed by atoms with Gasteiger partial charge in [0.25, 0.3) is 0 Å². The highest BCUT2D eigenvalue weighted by Gasteiger charge is 2.14. The average Bonchev–Trinajstić information content (AvgIpc) is 2.71. The van der Waals surface area contributed by atoms with Crippen molar-refractivity contribution in [2.75, 3.05) is 13.2 Å².